The fourth-order valence-electron chi connectivity index (χ4n) is 13.4. The molecular formula is C84H163NO5. The zero-order valence-electron chi connectivity index (χ0n) is 61.4. The van der Waals surface area contributed by atoms with Crippen LogP contribution < -0.4 is 5.32 Å². The van der Waals surface area contributed by atoms with Crippen molar-refractivity contribution in [1.29, 1.82) is 0 Å². The molecule has 90 heavy (non-hydrogen) atoms. The quantitative estimate of drug-likeness (QED) is 0.0320. The Kier molecular flexibility index (Phi) is 78.3. The molecule has 0 radical (unpaired) electrons. The Hall–Kier alpha value is -1.66. The van der Waals surface area contributed by atoms with Crippen molar-refractivity contribution in [1.82, 2.24) is 5.32 Å². The molecule has 0 saturated heterocycles. The second-order valence-corrected chi connectivity index (χ2v) is 28.8. The van der Waals surface area contributed by atoms with Gasteiger partial charge in [0.05, 0.1) is 25.4 Å². The van der Waals surface area contributed by atoms with E-state index in [-0.39, 0.29) is 18.5 Å². The summed E-state index contributed by atoms with van der Waals surface area (Å²) in [6.07, 6.45) is 103. The number of allylic oxidation sites excluding steroid dienone is 4. The third-order valence-electron chi connectivity index (χ3n) is 19.8. The molecule has 0 aromatic heterocycles. The SMILES string of the molecule is CCCCC/C=C\C/C=C\CCCCCCCCCCCC(=O)OCCCCCCCCCCCCCCCCCCCCCCCCCCCCCCCCCC(=O)NC(CO)C(O)CCCCCCCCCCCCCCCCCCCCCCCCC. The van der Waals surface area contributed by atoms with Crippen molar-refractivity contribution in [2.24, 2.45) is 0 Å². The van der Waals surface area contributed by atoms with Crippen molar-refractivity contribution >= 4 is 11.9 Å². The molecule has 0 aliphatic rings. The Balaban J connectivity index is 3.32. The maximum absolute atomic E-state index is 12.6. The fraction of sp³-hybridized carbons (Fsp3) is 0.929. The van der Waals surface area contributed by atoms with Crippen molar-refractivity contribution in [2.75, 3.05) is 13.2 Å². The number of hydrogen-bond acceptors (Lipinski definition) is 5. The molecule has 2 unspecified atom stereocenters. The average molecular weight is 1270 g/mol. The predicted molar refractivity (Wildman–Crippen MR) is 398 cm³/mol. The summed E-state index contributed by atoms with van der Waals surface area (Å²) in [5, 5.41) is 23.5. The highest BCUT2D eigenvalue weighted by Gasteiger charge is 2.20. The first-order valence-corrected chi connectivity index (χ1v) is 41.6. The Morgan fingerprint density at radius 2 is 0.556 bits per heavy atom. The number of aliphatic hydroxyl groups is 2. The molecule has 3 N–H and O–H groups in total. The lowest BCUT2D eigenvalue weighted by Gasteiger charge is -2.22. The van der Waals surface area contributed by atoms with Gasteiger partial charge in [-0.3, -0.25) is 9.59 Å². The lowest BCUT2D eigenvalue weighted by atomic mass is 10.0. The summed E-state index contributed by atoms with van der Waals surface area (Å²) in [5.41, 5.74) is 0. The Morgan fingerprint density at radius 1 is 0.311 bits per heavy atom. The maximum atomic E-state index is 12.6. The van der Waals surface area contributed by atoms with Crippen molar-refractivity contribution in [3.05, 3.63) is 24.3 Å². The molecule has 0 rings (SSSR count). The summed E-state index contributed by atoms with van der Waals surface area (Å²) in [7, 11) is 0. The van der Waals surface area contributed by atoms with Crippen LogP contribution in [0, 0.1) is 0 Å². The van der Waals surface area contributed by atoms with Crippen LogP contribution in [0.15, 0.2) is 24.3 Å². The highest BCUT2D eigenvalue weighted by atomic mass is 16.5. The molecule has 0 aliphatic carbocycles. The number of ether oxygens (including phenoxy) is 1. The first-order chi connectivity index (χ1) is 44.5. The van der Waals surface area contributed by atoms with Gasteiger partial charge < -0.3 is 20.3 Å². The molecule has 6 nitrogen and oxygen atoms in total. The monoisotopic (exact) mass is 1270 g/mol. The number of aliphatic hydroxyl groups excluding tert-OH is 2. The van der Waals surface area contributed by atoms with Crippen LogP contribution in [-0.4, -0.2) is 47.4 Å². The van der Waals surface area contributed by atoms with E-state index >= 15 is 0 Å². The molecule has 0 aromatic carbocycles. The summed E-state index contributed by atoms with van der Waals surface area (Å²) < 4.78 is 5.52. The van der Waals surface area contributed by atoms with Gasteiger partial charge in [0.1, 0.15) is 0 Å². The van der Waals surface area contributed by atoms with Crippen LogP contribution in [0.3, 0.4) is 0 Å². The molecule has 0 spiro atoms. The lowest BCUT2D eigenvalue weighted by molar-refractivity contribution is -0.143. The van der Waals surface area contributed by atoms with Gasteiger partial charge in [-0.25, -0.2) is 0 Å². The van der Waals surface area contributed by atoms with Gasteiger partial charge in [0, 0.05) is 12.8 Å². The third kappa shape index (κ3) is 75.4. The smallest absolute Gasteiger partial charge is 0.305 e. The summed E-state index contributed by atoms with van der Waals surface area (Å²) in [4.78, 5) is 24.7. The molecule has 1 amide bonds. The summed E-state index contributed by atoms with van der Waals surface area (Å²) in [6, 6.07) is -0.539. The van der Waals surface area contributed by atoms with Crippen LogP contribution in [0.2, 0.25) is 0 Å². The molecule has 0 bridgehead atoms. The van der Waals surface area contributed by atoms with Gasteiger partial charge in [-0.15, -0.1) is 0 Å². The average Bonchev–Trinajstić information content (AvgIpc) is 3.59. The number of nitrogens with one attached hydrogen (secondary N) is 1. The van der Waals surface area contributed by atoms with Crippen LogP contribution in [0.4, 0.5) is 0 Å². The maximum Gasteiger partial charge on any atom is 0.305 e. The van der Waals surface area contributed by atoms with Gasteiger partial charge in [-0.1, -0.05) is 430 Å². The van der Waals surface area contributed by atoms with Gasteiger partial charge in [0.2, 0.25) is 5.91 Å². The number of hydrogen-bond donors (Lipinski definition) is 3. The van der Waals surface area contributed by atoms with E-state index in [1.54, 1.807) is 0 Å². The molecule has 0 heterocycles. The Bertz CT molecular complexity index is 1410. The minimum absolute atomic E-state index is 0.0181. The van der Waals surface area contributed by atoms with E-state index < -0.39 is 12.1 Å². The number of rotatable bonds is 79. The molecule has 0 aliphatic heterocycles. The van der Waals surface area contributed by atoms with E-state index in [2.05, 4.69) is 43.5 Å². The van der Waals surface area contributed by atoms with Crippen LogP contribution in [0.1, 0.15) is 476 Å². The Morgan fingerprint density at radius 3 is 0.867 bits per heavy atom. The highest BCUT2D eigenvalue weighted by molar-refractivity contribution is 5.76. The molecule has 0 saturated carbocycles. The predicted octanol–water partition coefficient (Wildman–Crippen LogP) is 27.6. The van der Waals surface area contributed by atoms with E-state index in [0.29, 0.717) is 25.9 Å². The van der Waals surface area contributed by atoms with E-state index in [4.69, 9.17) is 4.74 Å². The van der Waals surface area contributed by atoms with Crippen LogP contribution >= 0.6 is 0 Å². The number of unbranched alkanes of at least 4 members (excludes halogenated alkanes) is 64. The summed E-state index contributed by atoms with van der Waals surface area (Å²) in [5.74, 6) is -0.00662. The number of amides is 1. The largest absolute Gasteiger partial charge is 0.466 e. The minimum Gasteiger partial charge on any atom is -0.466 e. The van der Waals surface area contributed by atoms with Crippen molar-refractivity contribution in [2.45, 2.75) is 488 Å². The van der Waals surface area contributed by atoms with E-state index in [9.17, 15) is 19.8 Å². The van der Waals surface area contributed by atoms with Gasteiger partial charge in [-0.2, -0.15) is 0 Å². The lowest BCUT2D eigenvalue weighted by Crippen LogP contribution is -2.45. The van der Waals surface area contributed by atoms with Crippen molar-refractivity contribution < 1.29 is 24.5 Å². The number of esters is 1. The fourth-order valence-corrected chi connectivity index (χ4v) is 13.4. The summed E-state index contributed by atoms with van der Waals surface area (Å²) >= 11 is 0. The van der Waals surface area contributed by atoms with E-state index in [1.165, 1.54) is 392 Å². The molecule has 534 valence electrons. The van der Waals surface area contributed by atoms with Crippen LogP contribution in [0.5, 0.6) is 0 Å². The number of carbonyl (C=O) groups excluding carboxylic acids is 2. The van der Waals surface area contributed by atoms with E-state index in [0.717, 1.165) is 51.4 Å². The molecule has 0 fully saturated rings. The topological polar surface area (TPSA) is 95.9 Å². The standard InChI is InChI=1S/C84H163NO5/c1-3-5-7-9-11-13-15-17-19-21-23-24-34-37-41-44-48-52-56-60-64-68-72-76-82(87)81(80-86)85-83(88)77-73-69-65-61-57-53-49-45-42-38-35-32-30-28-26-25-27-29-31-33-36-39-43-47-51-55-59-63-67-71-75-79-90-84(89)78-74-70-66-62-58-54-50-46-40-22-20-18-16-14-12-10-8-6-4-2/h12,14,18,20,81-82,86-87H,3-11,13,15-17,19,21-80H2,1-2H3,(H,85,88)/b14-12-,20-18-. The minimum atomic E-state index is -0.663. The van der Waals surface area contributed by atoms with Gasteiger partial charge in [0.15, 0.2) is 0 Å². The van der Waals surface area contributed by atoms with Gasteiger partial charge in [0.25, 0.3) is 0 Å². The zero-order chi connectivity index (χ0) is 64.9. The van der Waals surface area contributed by atoms with Crippen LogP contribution in [-0.2, 0) is 14.3 Å². The van der Waals surface area contributed by atoms with Gasteiger partial charge in [-0.05, 0) is 57.8 Å². The highest BCUT2D eigenvalue weighted by Crippen LogP contribution is 2.21. The molecule has 0 aromatic rings. The van der Waals surface area contributed by atoms with E-state index in [1.807, 2.05) is 0 Å². The van der Waals surface area contributed by atoms with Crippen molar-refractivity contribution in [3.63, 3.8) is 0 Å². The second-order valence-electron chi connectivity index (χ2n) is 28.8. The molecule has 6 heteroatoms. The number of carbonyl (C=O) groups is 2. The first kappa shape index (κ1) is 88.3. The first-order valence-electron chi connectivity index (χ1n) is 41.6. The molecular weight excluding hydrogens is 1100 g/mol. The second kappa shape index (κ2) is 79.8. The Labute approximate surface area is 564 Å². The normalized spacial score (nSPS) is 12.5. The van der Waals surface area contributed by atoms with Gasteiger partial charge >= 0.3 is 5.97 Å². The zero-order valence-corrected chi connectivity index (χ0v) is 61.4. The van der Waals surface area contributed by atoms with Crippen LogP contribution in [0.25, 0.3) is 0 Å². The third-order valence-corrected chi connectivity index (χ3v) is 19.8. The summed E-state index contributed by atoms with van der Waals surface area (Å²) in [6.45, 7) is 4.99. The molecule has 2 atom stereocenters. The van der Waals surface area contributed by atoms with Crippen molar-refractivity contribution in [3.8, 4) is 0 Å².